The monoisotopic (exact) mass is 222 g/mol. The molecule has 1 aromatic heterocycles. The summed E-state index contributed by atoms with van der Waals surface area (Å²) in [6.07, 6.45) is 7.27. The van der Waals surface area contributed by atoms with Crippen LogP contribution in [-0.4, -0.2) is 27.8 Å². The largest absolute Gasteiger partial charge is 0.349 e. The third-order valence-corrected chi connectivity index (χ3v) is 3.07. The fourth-order valence-corrected chi connectivity index (χ4v) is 2.07. The van der Waals surface area contributed by atoms with Gasteiger partial charge in [0.15, 0.2) is 0 Å². The van der Waals surface area contributed by atoms with Crippen LogP contribution in [0.2, 0.25) is 0 Å². The Labute approximate surface area is 95.0 Å². The predicted molar refractivity (Wildman–Crippen MR) is 60.9 cm³/mol. The van der Waals surface area contributed by atoms with E-state index in [1.165, 1.54) is 0 Å². The van der Waals surface area contributed by atoms with Crippen molar-refractivity contribution < 1.29 is 4.79 Å². The second kappa shape index (κ2) is 4.65. The lowest BCUT2D eigenvalue weighted by atomic mass is 9.92. The van der Waals surface area contributed by atoms with Crippen LogP contribution in [0.3, 0.4) is 0 Å². The van der Waals surface area contributed by atoms with Crippen LogP contribution >= 0.6 is 0 Å². The van der Waals surface area contributed by atoms with E-state index in [1.807, 2.05) is 0 Å². The molecular weight excluding hydrogens is 204 g/mol. The zero-order valence-electron chi connectivity index (χ0n) is 9.52. The Bertz CT molecular complexity index is 366. The quantitative estimate of drug-likeness (QED) is 0.761. The second-order valence-electron chi connectivity index (χ2n) is 4.49. The SMILES string of the molecule is Cn1cc(C(=O)NC2CCC(N)CC2)cn1. The van der Waals surface area contributed by atoms with E-state index in [-0.39, 0.29) is 11.9 Å². The number of amides is 1. The topological polar surface area (TPSA) is 72.9 Å². The number of nitrogens with one attached hydrogen (secondary N) is 1. The molecule has 1 amide bonds. The molecule has 1 aromatic rings. The summed E-state index contributed by atoms with van der Waals surface area (Å²) in [7, 11) is 1.80. The average molecular weight is 222 g/mol. The molecule has 0 atom stereocenters. The van der Waals surface area contributed by atoms with Gasteiger partial charge in [-0.3, -0.25) is 9.48 Å². The van der Waals surface area contributed by atoms with Crippen LogP contribution in [0.15, 0.2) is 12.4 Å². The van der Waals surface area contributed by atoms with Crippen LogP contribution in [0.1, 0.15) is 36.0 Å². The maximum atomic E-state index is 11.8. The van der Waals surface area contributed by atoms with E-state index in [2.05, 4.69) is 10.4 Å². The van der Waals surface area contributed by atoms with Gasteiger partial charge in [0.2, 0.25) is 0 Å². The Morgan fingerprint density at radius 1 is 1.50 bits per heavy atom. The summed E-state index contributed by atoms with van der Waals surface area (Å²) in [5, 5.41) is 7.00. The van der Waals surface area contributed by atoms with Crippen molar-refractivity contribution in [2.75, 3.05) is 0 Å². The first-order valence-corrected chi connectivity index (χ1v) is 5.70. The summed E-state index contributed by atoms with van der Waals surface area (Å²) < 4.78 is 1.63. The molecule has 0 radical (unpaired) electrons. The van der Waals surface area contributed by atoms with Gasteiger partial charge in [-0.2, -0.15) is 5.10 Å². The molecule has 2 rings (SSSR count). The van der Waals surface area contributed by atoms with Crippen molar-refractivity contribution in [3.63, 3.8) is 0 Å². The minimum Gasteiger partial charge on any atom is -0.349 e. The molecule has 5 nitrogen and oxygen atoms in total. The second-order valence-corrected chi connectivity index (χ2v) is 4.49. The Morgan fingerprint density at radius 3 is 2.75 bits per heavy atom. The van der Waals surface area contributed by atoms with Gasteiger partial charge in [-0.05, 0) is 25.7 Å². The van der Waals surface area contributed by atoms with Crippen molar-refractivity contribution in [1.82, 2.24) is 15.1 Å². The van der Waals surface area contributed by atoms with Gasteiger partial charge in [0.05, 0.1) is 11.8 Å². The third kappa shape index (κ3) is 2.61. The van der Waals surface area contributed by atoms with Gasteiger partial charge in [0, 0.05) is 25.3 Å². The number of rotatable bonds is 2. The number of nitrogens with zero attached hydrogens (tertiary/aromatic N) is 2. The molecule has 0 saturated heterocycles. The maximum absolute atomic E-state index is 11.8. The summed E-state index contributed by atoms with van der Waals surface area (Å²) in [6, 6.07) is 0.582. The number of hydrogen-bond acceptors (Lipinski definition) is 3. The summed E-state index contributed by atoms with van der Waals surface area (Å²) in [6.45, 7) is 0. The number of hydrogen-bond donors (Lipinski definition) is 2. The molecule has 0 aromatic carbocycles. The smallest absolute Gasteiger partial charge is 0.254 e. The van der Waals surface area contributed by atoms with E-state index in [1.54, 1.807) is 24.1 Å². The van der Waals surface area contributed by atoms with E-state index in [0.29, 0.717) is 11.6 Å². The van der Waals surface area contributed by atoms with Crippen LogP contribution < -0.4 is 11.1 Å². The standard InChI is InChI=1S/C11H18N4O/c1-15-7-8(6-13-15)11(16)14-10-4-2-9(12)3-5-10/h6-7,9-10H,2-5,12H2,1H3,(H,14,16). The Hall–Kier alpha value is -1.36. The van der Waals surface area contributed by atoms with Crippen LogP contribution in [0.5, 0.6) is 0 Å². The first kappa shape index (κ1) is 11.1. The summed E-state index contributed by atoms with van der Waals surface area (Å²) in [4.78, 5) is 11.8. The zero-order chi connectivity index (χ0) is 11.5. The lowest BCUT2D eigenvalue weighted by Crippen LogP contribution is -2.40. The average Bonchev–Trinajstić information content (AvgIpc) is 2.68. The summed E-state index contributed by atoms with van der Waals surface area (Å²) in [5.74, 6) is -0.0337. The van der Waals surface area contributed by atoms with Crippen molar-refractivity contribution in [1.29, 1.82) is 0 Å². The Balaban J connectivity index is 1.88. The molecule has 0 spiro atoms. The van der Waals surface area contributed by atoms with Crippen molar-refractivity contribution in [3.05, 3.63) is 18.0 Å². The Morgan fingerprint density at radius 2 is 2.19 bits per heavy atom. The van der Waals surface area contributed by atoms with Crippen molar-refractivity contribution in [3.8, 4) is 0 Å². The molecule has 0 aliphatic heterocycles. The predicted octanol–water partition coefficient (Wildman–Crippen LogP) is 0.420. The van der Waals surface area contributed by atoms with E-state index in [9.17, 15) is 4.79 Å². The third-order valence-electron chi connectivity index (χ3n) is 3.07. The summed E-state index contributed by atoms with van der Waals surface area (Å²) in [5.41, 5.74) is 6.44. The molecule has 1 heterocycles. The molecule has 16 heavy (non-hydrogen) atoms. The minimum absolute atomic E-state index is 0.0337. The van der Waals surface area contributed by atoms with E-state index in [0.717, 1.165) is 25.7 Å². The highest BCUT2D eigenvalue weighted by molar-refractivity contribution is 5.93. The van der Waals surface area contributed by atoms with Crippen LogP contribution in [0, 0.1) is 0 Å². The zero-order valence-corrected chi connectivity index (χ0v) is 9.52. The molecule has 88 valence electrons. The minimum atomic E-state index is -0.0337. The lowest BCUT2D eigenvalue weighted by molar-refractivity contribution is 0.0926. The highest BCUT2D eigenvalue weighted by Gasteiger charge is 2.20. The molecule has 0 unspecified atom stereocenters. The lowest BCUT2D eigenvalue weighted by Gasteiger charge is -2.26. The molecular formula is C11H18N4O. The highest BCUT2D eigenvalue weighted by atomic mass is 16.1. The van der Waals surface area contributed by atoms with Crippen LogP contribution in [0.25, 0.3) is 0 Å². The number of carbonyl (C=O) groups is 1. The first-order chi connectivity index (χ1) is 7.65. The first-order valence-electron chi connectivity index (χ1n) is 5.70. The molecule has 5 heteroatoms. The van der Waals surface area contributed by atoms with Crippen molar-refractivity contribution in [2.45, 2.75) is 37.8 Å². The maximum Gasteiger partial charge on any atom is 0.254 e. The molecule has 1 aliphatic rings. The van der Waals surface area contributed by atoms with Crippen LogP contribution in [0.4, 0.5) is 0 Å². The number of aromatic nitrogens is 2. The molecule has 1 saturated carbocycles. The molecule has 1 aliphatic carbocycles. The van der Waals surface area contributed by atoms with Gasteiger partial charge in [-0.25, -0.2) is 0 Å². The van der Waals surface area contributed by atoms with Crippen molar-refractivity contribution >= 4 is 5.91 Å². The molecule has 1 fully saturated rings. The van der Waals surface area contributed by atoms with Gasteiger partial charge in [0.1, 0.15) is 0 Å². The van der Waals surface area contributed by atoms with Crippen LogP contribution in [-0.2, 0) is 7.05 Å². The molecule has 3 N–H and O–H groups in total. The number of nitrogens with two attached hydrogens (primary N) is 1. The summed E-state index contributed by atoms with van der Waals surface area (Å²) >= 11 is 0. The van der Waals surface area contributed by atoms with Crippen molar-refractivity contribution in [2.24, 2.45) is 12.8 Å². The number of aryl methyl sites for hydroxylation is 1. The fraction of sp³-hybridized carbons (Fsp3) is 0.636. The van der Waals surface area contributed by atoms with Gasteiger partial charge in [0.25, 0.3) is 5.91 Å². The van der Waals surface area contributed by atoms with Gasteiger partial charge in [-0.1, -0.05) is 0 Å². The van der Waals surface area contributed by atoms with E-state index >= 15 is 0 Å². The highest BCUT2D eigenvalue weighted by Crippen LogP contribution is 2.17. The number of carbonyl (C=O) groups excluding carboxylic acids is 1. The Kier molecular flexibility index (Phi) is 3.24. The normalized spacial score (nSPS) is 25.4. The van der Waals surface area contributed by atoms with Gasteiger partial charge < -0.3 is 11.1 Å². The van der Waals surface area contributed by atoms with E-state index in [4.69, 9.17) is 5.73 Å². The van der Waals surface area contributed by atoms with E-state index < -0.39 is 0 Å². The van der Waals surface area contributed by atoms with Gasteiger partial charge in [-0.15, -0.1) is 0 Å². The molecule has 0 bridgehead atoms. The van der Waals surface area contributed by atoms with Gasteiger partial charge >= 0.3 is 0 Å². The fourth-order valence-electron chi connectivity index (χ4n) is 2.07.